The Morgan fingerprint density at radius 2 is 1.90 bits per heavy atom. The Labute approximate surface area is 177 Å². The van der Waals surface area contributed by atoms with Gasteiger partial charge in [-0.05, 0) is 17.7 Å². The molecule has 1 heterocycles. The van der Waals surface area contributed by atoms with Crippen LogP contribution in [0.1, 0.15) is 18.4 Å². The Morgan fingerprint density at radius 1 is 1.16 bits per heavy atom. The van der Waals surface area contributed by atoms with Crippen molar-refractivity contribution in [2.45, 2.75) is 19.4 Å². The SMILES string of the molecule is O=C(CCNC(=O)C1CC(=O)N(c2ccc(F)c([N+](=O)[O-])c2)C1)NCc1ccccc1. The van der Waals surface area contributed by atoms with Gasteiger partial charge in [0, 0.05) is 38.5 Å². The molecular formula is C21H21FN4O5. The first-order valence-electron chi connectivity index (χ1n) is 9.68. The van der Waals surface area contributed by atoms with Gasteiger partial charge in [-0.15, -0.1) is 0 Å². The highest BCUT2D eigenvalue weighted by Crippen LogP contribution is 2.29. The van der Waals surface area contributed by atoms with Crippen molar-refractivity contribution in [1.82, 2.24) is 10.6 Å². The van der Waals surface area contributed by atoms with E-state index in [0.717, 1.165) is 17.7 Å². The Morgan fingerprint density at radius 3 is 2.61 bits per heavy atom. The van der Waals surface area contributed by atoms with Crippen LogP contribution in [0.5, 0.6) is 0 Å². The number of amides is 3. The van der Waals surface area contributed by atoms with Gasteiger partial charge in [-0.2, -0.15) is 4.39 Å². The minimum Gasteiger partial charge on any atom is -0.355 e. The first-order chi connectivity index (χ1) is 14.8. The minimum absolute atomic E-state index is 0.0215. The molecule has 2 aromatic rings. The summed E-state index contributed by atoms with van der Waals surface area (Å²) in [6.45, 7) is 0.531. The summed E-state index contributed by atoms with van der Waals surface area (Å²) in [6, 6.07) is 12.6. The van der Waals surface area contributed by atoms with Crippen molar-refractivity contribution < 1.29 is 23.7 Å². The monoisotopic (exact) mass is 428 g/mol. The lowest BCUT2D eigenvalue weighted by atomic mass is 10.1. The van der Waals surface area contributed by atoms with Gasteiger partial charge in [-0.1, -0.05) is 30.3 Å². The fourth-order valence-electron chi connectivity index (χ4n) is 3.27. The van der Waals surface area contributed by atoms with Gasteiger partial charge < -0.3 is 15.5 Å². The lowest BCUT2D eigenvalue weighted by Gasteiger charge is -2.16. The number of benzene rings is 2. The summed E-state index contributed by atoms with van der Waals surface area (Å²) in [5.41, 5.74) is 0.388. The maximum absolute atomic E-state index is 13.5. The molecule has 0 aromatic heterocycles. The first-order valence-corrected chi connectivity index (χ1v) is 9.68. The predicted molar refractivity (Wildman–Crippen MR) is 109 cm³/mol. The molecule has 10 heteroatoms. The molecule has 0 spiro atoms. The third-order valence-corrected chi connectivity index (χ3v) is 4.92. The van der Waals surface area contributed by atoms with Crippen molar-refractivity contribution in [2.24, 2.45) is 5.92 Å². The van der Waals surface area contributed by atoms with Crippen LogP contribution in [0.4, 0.5) is 15.8 Å². The number of nitrogens with zero attached hydrogens (tertiary/aromatic N) is 2. The molecule has 1 atom stereocenters. The second kappa shape index (κ2) is 9.79. The van der Waals surface area contributed by atoms with Crippen molar-refractivity contribution in [2.75, 3.05) is 18.0 Å². The van der Waals surface area contributed by atoms with Gasteiger partial charge in [0.15, 0.2) is 0 Å². The molecule has 2 N–H and O–H groups in total. The Bertz CT molecular complexity index is 999. The molecule has 0 bridgehead atoms. The summed E-state index contributed by atoms with van der Waals surface area (Å²) in [6.07, 6.45) is 0.0182. The predicted octanol–water partition coefficient (Wildman–Crippen LogP) is 1.91. The summed E-state index contributed by atoms with van der Waals surface area (Å²) in [4.78, 5) is 47.8. The molecule has 1 unspecified atom stereocenters. The smallest absolute Gasteiger partial charge is 0.306 e. The number of rotatable bonds is 8. The maximum atomic E-state index is 13.5. The molecule has 0 aliphatic carbocycles. The van der Waals surface area contributed by atoms with E-state index in [-0.39, 0.29) is 49.3 Å². The number of carbonyl (C=O) groups is 3. The van der Waals surface area contributed by atoms with E-state index >= 15 is 0 Å². The van der Waals surface area contributed by atoms with Crippen LogP contribution in [-0.2, 0) is 20.9 Å². The average Bonchev–Trinajstić information content (AvgIpc) is 3.15. The van der Waals surface area contributed by atoms with E-state index in [4.69, 9.17) is 0 Å². The van der Waals surface area contributed by atoms with Gasteiger partial charge in [0.25, 0.3) is 0 Å². The number of halogens is 1. The third kappa shape index (κ3) is 5.62. The Kier molecular flexibility index (Phi) is 6.91. The molecule has 9 nitrogen and oxygen atoms in total. The summed E-state index contributed by atoms with van der Waals surface area (Å²) in [7, 11) is 0. The zero-order valence-electron chi connectivity index (χ0n) is 16.5. The molecule has 3 rings (SSSR count). The van der Waals surface area contributed by atoms with Gasteiger partial charge in [0.05, 0.1) is 16.5 Å². The Hall–Kier alpha value is -3.82. The van der Waals surface area contributed by atoms with E-state index in [2.05, 4.69) is 10.6 Å². The van der Waals surface area contributed by atoms with Crippen LogP contribution in [0.2, 0.25) is 0 Å². The fraction of sp³-hybridized carbons (Fsp3) is 0.286. The van der Waals surface area contributed by atoms with Gasteiger partial charge in [-0.3, -0.25) is 24.5 Å². The van der Waals surface area contributed by atoms with Gasteiger partial charge >= 0.3 is 5.69 Å². The van der Waals surface area contributed by atoms with Gasteiger partial charge in [-0.25, -0.2) is 0 Å². The second-order valence-electron chi connectivity index (χ2n) is 7.10. The van der Waals surface area contributed by atoms with Crippen LogP contribution in [-0.4, -0.2) is 35.7 Å². The minimum atomic E-state index is -1.000. The summed E-state index contributed by atoms with van der Waals surface area (Å²) >= 11 is 0. The zero-order chi connectivity index (χ0) is 22.4. The first kappa shape index (κ1) is 21.9. The fourth-order valence-corrected chi connectivity index (χ4v) is 3.27. The molecular weight excluding hydrogens is 407 g/mol. The van der Waals surface area contributed by atoms with Crippen LogP contribution in [0.15, 0.2) is 48.5 Å². The van der Waals surface area contributed by atoms with Gasteiger partial charge in [0.1, 0.15) is 0 Å². The molecule has 31 heavy (non-hydrogen) atoms. The average molecular weight is 428 g/mol. The summed E-state index contributed by atoms with van der Waals surface area (Å²) < 4.78 is 13.5. The summed E-state index contributed by atoms with van der Waals surface area (Å²) in [5.74, 6) is -2.65. The van der Waals surface area contributed by atoms with Gasteiger partial charge in [0.2, 0.25) is 23.5 Å². The normalized spacial score (nSPS) is 15.6. The molecule has 0 radical (unpaired) electrons. The number of nitrogens with one attached hydrogen (secondary N) is 2. The van der Waals surface area contributed by atoms with Crippen LogP contribution in [0.3, 0.4) is 0 Å². The van der Waals surface area contributed by atoms with Crippen molar-refractivity contribution in [3.05, 3.63) is 70.0 Å². The van der Waals surface area contributed by atoms with Crippen molar-refractivity contribution in [3.8, 4) is 0 Å². The standard InChI is InChI=1S/C21H21FN4O5/c22-17-7-6-16(11-18(17)26(30)31)25-13-15(10-20(25)28)21(29)23-9-8-19(27)24-12-14-4-2-1-3-5-14/h1-7,11,15H,8-10,12-13H2,(H,23,29)(H,24,27). The second-order valence-corrected chi connectivity index (χ2v) is 7.10. The number of hydrogen-bond donors (Lipinski definition) is 2. The molecule has 162 valence electrons. The number of nitro benzene ring substituents is 1. The third-order valence-electron chi connectivity index (χ3n) is 4.92. The zero-order valence-corrected chi connectivity index (χ0v) is 16.5. The van der Waals surface area contributed by atoms with E-state index in [9.17, 15) is 28.9 Å². The molecule has 1 aliphatic heterocycles. The number of nitro groups is 1. The van der Waals surface area contributed by atoms with E-state index in [1.807, 2.05) is 30.3 Å². The van der Waals surface area contributed by atoms with Crippen LogP contribution in [0.25, 0.3) is 0 Å². The molecule has 1 fully saturated rings. The van der Waals surface area contributed by atoms with Crippen LogP contribution >= 0.6 is 0 Å². The maximum Gasteiger partial charge on any atom is 0.306 e. The van der Waals surface area contributed by atoms with E-state index in [0.29, 0.717) is 6.54 Å². The molecule has 3 amide bonds. The van der Waals surface area contributed by atoms with Crippen LogP contribution < -0.4 is 15.5 Å². The highest BCUT2D eigenvalue weighted by atomic mass is 19.1. The molecule has 0 saturated carbocycles. The lowest BCUT2D eigenvalue weighted by molar-refractivity contribution is -0.387. The quantitative estimate of drug-likeness (QED) is 0.491. The number of hydrogen-bond acceptors (Lipinski definition) is 5. The molecule has 1 saturated heterocycles. The number of carbonyl (C=O) groups excluding carboxylic acids is 3. The van der Waals surface area contributed by atoms with Crippen molar-refractivity contribution in [1.29, 1.82) is 0 Å². The van der Waals surface area contributed by atoms with Crippen LogP contribution in [0, 0.1) is 21.8 Å². The molecule has 1 aliphatic rings. The highest BCUT2D eigenvalue weighted by molar-refractivity contribution is 6.00. The topological polar surface area (TPSA) is 122 Å². The number of anilines is 1. The van der Waals surface area contributed by atoms with E-state index < -0.39 is 22.3 Å². The summed E-state index contributed by atoms with van der Waals surface area (Å²) in [5, 5.41) is 16.3. The largest absolute Gasteiger partial charge is 0.355 e. The van der Waals surface area contributed by atoms with Crippen molar-refractivity contribution >= 4 is 29.1 Å². The van der Waals surface area contributed by atoms with E-state index in [1.54, 1.807) is 0 Å². The van der Waals surface area contributed by atoms with Crippen molar-refractivity contribution in [3.63, 3.8) is 0 Å². The van der Waals surface area contributed by atoms with E-state index in [1.165, 1.54) is 11.0 Å². The molecule has 2 aromatic carbocycles. The highest BCUT2D eigenvalue weighted by Gasteiger charge is 2.35. The lowest BCUT2D eigenvalue weighted by Crippen LogP contribution is -2.35. The Balaban J connectivity index is 1.47.